The van der Waals surface area contributed by atoms with Gasteiger partial charge in [-0.1, -0.05) is 0 Å². The highest BCUT2D eigenvalue weighted by molar-refractivity contribution is 5.16. The van der Waals surface area contributed by atoms with Gasteiger partial charge in [-0.15, -0.1) is 0 Å². The predicted molar refractivity (Wildman–Crippen MR) is 33.3 cm³/mol. The van der Waals surface area contributed by atoms with E-state index < -0.39 is 12.2 Å². The zero-order valence-electron chi connectivity index (χ0n) is 5.44. The first-order valence-electron chi connectivity index (χ1n) is 3.48. The Morgan fingerprint density at radius 2 is 1.80 bits per heavy atom. The molecular weight excluding hydrogens is 134 g/mol. The van der Waals surface area contributed by atoms with Gasteiger partial charge >= 0.3 is 0 Å². The van der Waals surface area contributed by atoms with Crippen molar-refractivity contribution in [3.05, 3.63) is 0 Å². The van der Waals surface area contributed by atoms with E-state index in [9.17, 15) is 10.2 Å². The highest BCUT2D eigenvalue weighted by Gasteiger charge is 2.58. The molecule has 0 aromatic carbocycles. The van der Waals surface area contributed by atoms with Gasteiger partial charge in [-0.2, -0.15) is 0 Å². The van der Waals surface area contributed by atoms with Crippen LogP contribution < -0.4 is 5.32 Å². The first-order valence-corrected chi connectivity index (χ1v) is 3.48. The average Bonchev–Trinajstić information content (AvgIpc) is 2.63. The second kappa shape index (κ2) is 1.92. The topological polar surface area (TPSA) is 82.6 Å². The molecular formula is C6H11NO3. The number of fused-ring (bicyclic) bond motifs is 1. The van der Waals surface area contributed by atoms with Crippen LogP contribution in [0.2, 0.25) is 0 Å². The van der Waals surface area contributed by atoms with Crippen LogP contribution >= 0.6 is 0 Å². The van der Waals surface area contributed by atoms with Crippen LogP contribution in [0.5, 0.6) is 0 Å². The number of hydrogen-bond acceptors (Lipinski definition) is 4. The third kappa shape index (κ3) is 0.645. The summed E-state index contributed by atoms with van der Waals surface area (Å²) >= 11 is 0. The number of hydrogen-bond donors (Lipinski definition) is 4. The van der Waals surface area contributed by atoms with Crippen LogP contribution in [0.1, 0.15) is 0 Å². The molecule has 58 valence electrons. The third-order valence-electron chi connectivity index (χ3n) is 2.49. The molecule has 4 heteroatoms. The summed E-state index contributed by atoms with van der Waals surface area (Å²) in [5.41, 5.74) is 0. The van der Waals surface area contributed by atoms with Gasteiger partial charge in [0, 0.05) is 12.0 Å². The Kier molecular flexibility index (Phi) is 1.25. The summed E-state index contributed by atoms with van der Waals surface area (Å²) in [4.78, 5) is 0. The first-order chi connectivity index (χ1) is 4.75. The molecule has 2 aliphatic rings. The summed E-state index contributed by atoms with van der Waals surface area (Å²) in [6.45, 7) is -0.0492. The minimum Gasteiger partial charge on any atom is -0.396 e. The smallest absolute Gasteiger partial charge is 0.0971 e. The fourth-order valence-electron chi connectivity index (χ4n) is 1.77. The van der Waals surface area contributed by atoms with Crippen LogP contribution in [-0.4, -0.2) is 46.2 Å². The Labute approximate surface area is 58.5 Å². The minimum atomic E-state index is -0.735. The lowest BCUT2D eigenvalue weighted by Gasteiger charge is -2.17. The normalized spacial score (nSPS) is 58.5. The SMILES string of the molecule is OC[C@H]1[C@H](O)[C@@H](O)[C@@H]2N[C@H]12. The van der Waals surface area contributed by atoms with Crippen molar-refractivity contribution in [3.8, 4) is 0 Å². The van der Waals surface area contributed by atoms with Gasteiger partial charge in [-0.3, -0.25) is 0 Å². The van der Waals surface area contributed by atoms with Gasteiger partial charge in [-0.05, 0) is 0 Å². The molecule has 4 N–H and O–H groups in total. The van der Waals surface area contributed by atoms with Crippen molar-refractivity contribution in [2.75, 3.05) is 6.61 Å². The van der Waals surface area contributed by atoms with Gasteiger partial charge in [0.05, 0.1) is 24.9 Å². The fraction of sp³-hybridized carbons (Fsp3) is 1.00. The molecule has 1 saturated heterocycles. The van der Waals surface area contributed by atoms with Crippen molar-refractivity contribution < 1.29 is 15.3 Å². The molecule has 1 aliphatic heterocycles. The maximum absolute atomic E-state index is 9.21. The van der Waals surface area contributed by atoms with Crippen molar-refractivity contribution in [1.29, 1.82) is 0 Å². The van der Waals surface area contributed by atoms with E-state index in [4.69, 9.17) is 5.11 Å². The van der Waals surface area contributed by atoms with E-state index >= 15 is 0 Å². The van der Waals surface area contributed by atoms with Gasteiger partial charge in [0.1, 0.15) is 0 Å². The lowest BCUT2D eigenvalue weighted by molar-refractivity contribution is -0.00798. The molecule has 0 radical (unpaired) electrons. The highest BCUT2D eigenvalue weighted by atomic mass is 16.3. The van der Waals surface area contributed by atoms with Crippen LogP contribution in [0.3, 0.4) is 0 Å². The molecule has 0 unspecified atom stereocenters. The molecule has 0 aromatic heterocycles. The fourth-order valence-corrected chi connectivity index (χ4v) is 1.77. The Morgan fingerprint density at radius 3 is 2.10 bits per heavy atom. The Hall–Kier alpha value is -0.160. The molecule has 0 spiro atoms. The van der Waals surface area contributed by atoms with Crippen molar-refractivity contribution in [1.82, 2.24) is 5.32 Å². The van der Waals surface area contributed by atoms with Gasteiger partial charge in [0.15, 0.2) is 0 Å². The Bertz CT molecular complexity index is 152. The predicted octanol–water partition coefficient (Wildman–Crippen LogP) is -2.33. The van der Waals surface area contributed by atoms with Crippen molar-refractivity contribution >= 4 is 0 Å². The summed E-state index contributed by atoms with van der Waals surface area (Å²) in [7, 11) is 0. The molecule has 0 amide bonds. The van der Waals surface area contributed by atoms with Crippen LogP contribution in [0.15, 0.2) is 0 Å². The van der Waals surface area contributed by atoms with Crippen molar-refractivity contribution in [2.45, 2.75) is 24.3 Å². The largest absolute Gasteiger partial charge is 0.396 e. The Balaban J connectivity index is 2.09. The highest BCUT2D eigenvalue weighted by Crippen LogP contribution is 2.36. The van der Waals surface area contributed by atoms with Crippen LogP contribution in [0, 0.1) is 5.92 Å². The maximum Gasteiger partial charge on any atom is 0.0971 e. The molecule has 0 aromatic rings. The van der Waals surface area contributed by atoms with Crippen LogP contribution in [-0.2, 0) is 0 Å². The van der Waals surface area contributed by atoms with Crippen LogP contribution in [0.4, 0.5) is 0 Å². The van der Waals surface area contributed by atoms with Gasteiger partial charge in [0.2, 0.25) is 0 Å². The van der Waals surface area contributed by atoms with E-state index in [1.807, 2.05) is 0 Å². The number of rotatable bonds is 1. The molecule has 1 heterocycles. The number of nitrogens with one attached hydrogen (secondary N) is 1. The van der Waals surface area contributed by atoms with E-state index in [0.717, 1.165) is 0 Å². The first kappa shape index (κ1) is 6.54. The van der Waals surface area contributed by atoms with E-state index in [-0.39, 0.29) is 24.6 Å². The number of aliphatic hydroxyl groups excluding tert-OH is 3. The summed E-state index contributed by atoms with van der Waals surface area (Å²) in [6, 6.07) is 0.183. The lowest BCUT2D eigenvalue weighted by atomic mass is 10.1. The molecule has 10 heavy (non-hydrogen) atoms. The molecule has 2 fully saturated rings. The monoisotopic (exact) mass is 145 g/mol. The van der Waals surface area contributed by atoms with E-state index in [2.05, 4.69) is 5.32 Å². The van der Waals surface area contributed by atoms with Crippen LogP contribution in [0.25, 0.3) is 0 Å². The standard InChI is InChI=1S/C6H11NO3/c8-1-2-3-4(7-3)6(10)5(2)9/h2-10H,1H2/t2-,3-,4-,5+,6+/m1/s1. The van der Waals surface area contributed by atoms with E-state index in [1.165, 1.54) is 0 Å². The quantitative estimate of drug-likeness (QED) is 0.312. The number of aliphatic hydroxyl groups is 3. The second-order valence-electron chi connectivity index (χ2n) is 3.05. The minimum absolute atomic E-state index is 0.0344. The summed E-state index contributed by atoms with van der Waals surface area (Å²) < 4.78 is 0. The number of piperidine rings is 1. The zero-order valence-corrected chi connectivity index (χ0v) is 5.44. The van der Waals surface area contributed by atoms with Crippen molar-refractivity contribution in [3.63, 3.8) is 0 Å². The van der Waals surface area contributed by atoms with Gasteiger partial charge in [-0.25, -0.2) is 0 Å². The zero-order chi connectivity index (χ0) is 7.30. The Morgan fingerprint density at radius 1 is 1.10 bits per heavy atom. The van der Waals surface area contributed by atoms with E-state index in [1.54, 1.807) is 0 Å². The summed E-state index contributed by atoms with van der Waals surface area (Å²) in [5, 5.41) is 30.1. The molecule has 0 bridgehead atoms. The second-order valence-corrected chi connectivity index (χ2v) is 3.05. The summed E-state index contributed by atoms with van der Waals surface area (Å²) in [5.74, 6) is -0.167. The van der Waals surface area contributed by atoms with Crippen molar-refractivity contribution in [2.24, 2.45) is 5.92 Å². The van der Waals surface area contributed by atoms with E-state index in [0.29, 0.717) is 0 Å². The maximum atomic E-state index is 9.21. The third-order valence-corrected chi connectivity index (χ3v) is 2.49. The molecule has 5 atom stereocenters. The molecule has 4 nitrogen and oxygen atoms in total. The summed E-state index contributed by atoms with van der Waals surface area (Å²) in [6.07, 6.45) is -1.41. The average molecular weight is 145 g/mol. The van der Waals surface area contributed by atoms with Gasteiger partial charge < -0.3 is 20.6 Å². The molecule has 2 rings (SSSR count). The molecule has 1 saturated carbocycles. The van der Waals surface area contributed by atoms with Gasteiger partial charge in [0.25, 0.3) is 0 Å². The molecule has 1 aliphatic carbocycles. The lowest BCUT2D eigenvalue weighted by Crippen LogP contribution is -2.36.